The Hall–Kier alpha value is -0.380. The lowest BCUT2D eigenvalue weighted by Crippen LogP contribution is -2.31. The third kappa shape index (κ3) is 3.06. The van der Waals surface area contributed by atoms with E-state index in [4.69, 9.17) is 0 Å². The summed E-state index contributed by atoms with van der Waals surface area (Å²) in [7, 11) is 4.35. The minimum atomic E-state index is 0.729. The molecule has 1 fully saturated rings. The van der Waals surface area contributed by atoms with Gasteiger partial charge in [0.1, 0.15) is 0 Å². The fraction of sp³-hybridized carbons (Fsp3) is 0.538. The number of rotatable bonds is 3. The molecule has 1 heterocycles. The molecular weight excluding hydrogens is 264 g/mol. The van der Waals surface area contributed by atoms with Gasteiger partial charge < -0.3 is 4.90 Å². The Morgan fingerprint density at radius 3 is 2.88 bits per heavy atom. The largest absolute Gasteiger partial charge is 0.305 e. The molecule has 16 heavy (non-hydrogen) atoms. The Bertz CT molecular complexity index is 352. The van der Waals surface area contributed by atoms with Crippen LogP contribution in [0.25, 0.3) is 0 Å². The molecule has 1 aromatic rings. The predicted molar refractivity (Wildman–Crippen MR) is 71.5 cm³/mol. The van der Waals surface area contributed by atoms with Crippen LogP contribution >= 0.6 is 15.9 Å². The Balaban J connectivity index is 1.92. The molecule has 3 heteroatoms. The zero-order chi connectivity index (χ0) is 11.5. The van der Waals surface area contributed by atoms with Crippen molar-refractivity contribution in [1.29, 1.82) is 0 Å². The molecular formula is C13H19BrN2. The van der Waals surface area contributed by atoms with Crippen molar-refractivity contribution in [3.05, 3.63) is 34.3 Å². The van der Waals surface area contributed by atoms with Crippen molar-refractivity contribution in [2.24, 2.45) is 0 Å². The summed E-state index contributed by atoms with van der Waals surface area (Å²) in [6.07, 6.45) is 1.29. The Kier molecular flexibility index (Phi) is 4.00. The first-order valence-corrected chi connectivity index (χ1v) is 6.57. The van der Waals surface area contributed by atoms with E-state index in [0.29, 0.717) is 0 Å². The molecule has 0 aliphatic carbocycles. The van der Waals surface area contributed by atoms with Gasteiger partial charge >= 0.3 is 0 Å². The van der Waals surface area contributed by atoms with Crippen LogP contribution in [0.2, 0.25) is 0 Å². The van der Waals surface area contributed by atoms with Crippen molar-refractivity contribution in [2.45, 2.75) is 19.0 Å². The van der Waals surface area contributed by atoms with E-state index in [1.807, 2.05) is 0 Å². The average molecular weight is 283 g/mol. The monoisotopic (exact) mass is 282 g/mol. The van der Waals surface area contributed by atoms with E-state index in [9.17, 15) is 0 Å². The molecule has 1 aliphatic heterocycles. The molecule has 1 aromatic carbocycles. The molecule has 0 bridgehead atoms. The van der Waals surface area contributed by atoms with Crippen LogP contribution in [0, 0.1) is 0 Å². The van der Waals surface area contributed by atoms with E-state index in [-0.39, 0.29) is 0 Å². The summed E-state index contributed by atoms with van der Waals surface area (Å²) in [5, 5.41) is 0. The number of halogens is 1. The second-order valence-corrected chi connectivity index (χ2v) is 5.69. The minimum Gasteiger partial charge on any atom is -0.305 e. The molecule has 2 rings (SSSR count). The lowest BCUT2D eigenvalue weighted by molar-refractivity contribution is 0.264. The number of nitrogens with zero attached hydrogens (tertiary/aromatic N) is 2. The lowest BCUT2D eigenvalue weighted by Gasteiger charge is -2.20. The summed E-state index contributed by atoms with van der Waals surface area (Å²) < 4.78 is 1.17. The van der Waals surface area contributed by atoms with E-state index in [1.165, 1.54) is 29.5 Å². The zero-order valence-electron chi connectivity index (χ0n) is 9.99. The van der Waals surface area contributed by atoms with E-state index in [1.54, 1.807) is 0 Å². The topological polar surface area (TPSA) is 6.48 Å². The number of hydrogen-bond donors (Lipinski definition) is 0. The normalized spacial score (nSPS) is 21.9. The first kappa shape index (κ1) is 12.1. The SMILES string of the molecule is CN(C)C1CCN(Cc2cccc(Br)c2)C1. The molecule has 1 unspecified atom stereocenters. The molecule has 1 saturated heterocycles. The highest BCUT2D eigenvalue weighted by Crippen LogP contribution is 2.18. The molecule has 2 nitrogen and oxygen atoms in total. The smallest absolute Gasteiger partial charge is 0.0234 e. The van der Waals surface area contributed by atoms with Crippen molar-refractivity contribution >= 4 is 15.9 Å². The number of likely N-dealkylation sites (tertiary alicyclic amines) is 1. The first-order valence-electron chi connectivity index (χ1n) is 5.78. The van der Waals surface area contributed by atoms with Gasteiger partial charge in [-0.3, -0.25) is 4.90 Å². The van der Waals surface area contributed by atoms with Crippen LogP contribution in [0.1, 0.15) is 12.0 Å². The summed E-state index contributed by atoms with van der Waals surface area (Å²) in [6, 6.07) is 9.33. The average Bonchev–Trinajstić information content (AvgIpc) is 2.66. The maximum absolute atomic E-state index is 3.52. The molecule has 0 spiro atoms. The lowest BCUT2D eigenvalue weighted by atomic mass is 10.2. The standard InChI is InChI=1S/C13H19BrN2/c1-15(2)13-6-7-16(10-13)9-11-4-3-5-12(14)8-11/h3-5,8,13H,6-7,9-10H2,1-2H3. The van der Waals surface area contributed by atoms with Gasteiger partial charge in [0, 0.05) is 30.1 Å². The summed E-state index contributed by atoms with van der Waals surface area (Å²) in [6.45, 7) is 3.48. The van der Waals surface area contributed by atoms with Gasteiger partial charge in [-0.15, -0.1) is 0 Å². The van der Waals surface area contributed by atoms with Gasteiger partial charge in [0.05, 0.1) is 0 Å². The van der Waals surface area contributed by atoms with Gasteiger partial charge in [-0.2, -0.15) is 0 Å². The molecule has 0 N–H and O–H groups in total. The second kappa shape index (κ2) is 5.30. The van der Waals surface area contributed by atoms with Gasteiger partial charge in [-0.1, -0.05) is 28.1 Å². The van der Waals surface area contributed by atoms with Crippen LogP contribution < -0.4 is 0 Å². The van der Waals surface area contributed by atoms with Crippen molar-refractivity contribution < 1.29 is 0 Å². The van der Waals surface area contributed by atoms with Gasteiger partial charge in [0.2, 0.25) is 0 Å². The quantitative estimate of drug-likeness (QED) is 0.841. The van der Waals surface area contributed by atoms with Crippen LogP contribution in [0.3, 0.4) is 0 Å². The van der Waals surface area contributed by atoms with Crippen LogP contribution in [-0.4, -0.2) is 43.0 Å². The van der Waals surface area contributed by atoms with Crippen molar-refractivity contribution in [3.63, 3.8) is 0 Å². The highest BCUT2D eigenvalue weighted by atomic mass is 79.9. The highest BCUT2D eigenvalue weighted by Gasteiger charge is 2.23. The van der Waals surface area contributed by atoms with Gasteiger partial charge in [-0.25, -0.2) is 0 Å². The van der Waals surface area contributed by atoms with E-state index in [0.717, 1.165) is 12.6 Å². The third-order valence-corrected chi connectivity index (χ3v) is 3.77. The van der Waals surface area contributed by atoms with Crippen molar-refractivity contribution in [1.82, 2.24) is 9.80 Å². The van der Waals surface area contributed by atoms with Crippen LogP contribution in [0.4, 0.5) is 0 Å². The summed E-state index contributed by atoms with van der Waals surface area (Å²) in [4.78, 5) is 4.87. The molecule has 0 amide bonds. The van der Waals surface area contributed by atoms with Crippen molar-refractivity contribution in [3.8, 4) is 0 Å². The van der Waals surface area contributed by atoms with Gasteiger partial charge in [0.25, 0.3) is 0 Å². The number of benzene rings is 1. The summed E-state index contributed by atoms with van der Waals surface area (Å²) in [5.41, 5.74) is 1.40. The van der Waals surface area contributed by atoms with Gasteiger partial charge in [0.15, 0.2) is 0 Å². The summed E-state index contributed by atoms with van der Waals surface area (Å²) in [5.74, 6) is 0. The highest BCUT2D eigenvalue weighted by molar-refractivity contribution is 9.10. The zero-order valence-corrected chi connectivity index (χ0v) is 11.6. The van der Waals surface area contributed by atoms with E-state index < -0.39 is 0 Å². The molecule has 1 atom stereocenters. The third-order valence-electron chi connectivity index (χ3n) is 3.27. The Labute approximate surface area is 106 Å². The molecule has 0 radical (unpaired) electrons. The van der Waals surface area contributed by atoms with Crippen LogP contribution in [0.15, 0.2) is 28.7 Å². The Morgan fingerprint density at radius 2 is 2.25 bits per heavy atom. The fourth-order valence-corrected chi connectivity index (χ4v) is 2.72. The van der Waals surface area contributed by atoms with E-state index >= 15 is 0 Å². The van der Waals surface area contributed by atoms with Gasteiger partial charge in [-0.05, 0) is 38.2 Å². The van der Waals surface area contributed by atoms with E-state index in [2.05, 4.69) is 64.1 Å². The molecule has 88 valence electrons. The van der Waals surface area contributed by atoms with Crippen LogP contribution in [-0.2, 0) is 6.54 Å². The first-order chi connectivity index (χ1) is 7.65. The molecule has 1 aliphatic rings. The minimum absolute atomic E-state index is 0.729. The second-order valence-electron chi connectivity index (χ2n) is 4.77. The predicted octanol–water partition coefficient (Wildman–Crippen LogP) is 2.59. The fourth-order valence-electron chi connectivity index (χ4n) is 2.27. The maximum Gasteiger partial charge on any atom is 0.0234 e. The number of hydrogen-bond acceptors (Lipinski definition) is 2. The molecule has 0 aromatic heterocycles. The maximum atomic E-state index is 3.52. The summed E-state index contributed by atoms with van der Waals surface area (Å²) >= 11 is 3.52. The van der Waals surface area contributed by atoms with Crippen molar-refractivity contribution in [2.75, 3.05) is 27.2 Å². The Morgan fingerprint density at radius 1 is 1.44 bits per heavy atom. The van der Waals surface area contributed by atoms with Crippen LogP contribution in [0.5, 0.6) is 0 Å². The molecule has 0 saturated carbocycles. The number of likely N-dealkylation sites (N-methyl/N-ethyl adjacent to an activating group) is 1.